The summed E-state index contributed by atoms with van der Waals surface area (Å²) in [5.74, 6) is 0.873. The average Bonchev–Trinajstić information content (AvgIpc) is 3.29. The number of anilines is 1. The molecule has 0 radical (unpaired) electrons. The molecular weight excluding hydrogens is 412 g/mol. The molecular formula is C26H28N6O. The van der Waals surface area contributed by atoms with Gasteiger partial charge in [0, 0.05) is 31.4 Å². The lowest BCUT2D eigenvalue weighted by molar-refractivity contribution is -0.125. The van der Waals surface area contributed by atoms with Crippen LogP contribution in [0.2, 0.25) is 0 Å². The number of carbonyl (C=O) groups excluding carboxylic acids is 1. The third kappa shape index (κ3) is 4.31. The molecule has 0 bridgehead atoms. The highest BCUT2D eigenvalue weighted by Crippen LogP contribution is 2.29. The minimum atomic E-state index is 0.111. The average molecular weight is 441 g/mol. The van der Waals surface area contributed by atoms with Crippen LogP contribution in [-0.4, -0.2) is 38.3 Å². The molecule has 1 aromatic carbocycles. The number of aryl methyl sites for hydroxylation is 1. The van der Waals surface area contributed by atoms with Crippen LogP contribution in [0.3, 0.4) is 0 Å². The van der Waals surface area contributed by atoms with Crippen molar-refractivity contribution in [1.82, 2.24) is 24.7 Å². The van der Waals surface area contributed by atoms with Crippen molar-refractivity contribution in [3.05, 3.63) is 66.6 Å². The summed E-state index contributed by atoms with van der Waals surface area (Å²) in [5, 5.41) is 6.25. The predicted octanol–water partition coefficient (Wildman–Crippen LogP) is 4.48. The second-order valence-electron chi connectivity index (χ2n) is 8.69. The third-order valence-corrected chi connectivity index (χ3v) is 6.50. The van der Waals surface area contributed by atoms with Crippen molar-refractivity contribution in [3.63, 3.8) is 0 Å². The summed E-state index contributed by atoms with van der Waals surface area (Å²) >= 11 is 0. The van der Waals surface area contributed by atoms with E-state index in [1.54, 1.807) is 7.05 Å². The number of imidazole rings is 1. The summed E-state index contributed by atoms with van der Waals surface area (Å²) in [6.07, 6.45) is 9.47. The highest BCUT2D eigenvalue weighted by molar-refractivity contribution is 5.78. The van der Waals surface area contributed by atoms with Crippen LogP contribution in [0, 0.1) is 12.8 Å². The maximum Gasteiger partial charge on any atom is 0.223 e. The molecule has 4 aromatic rings. The van der Waals surface area contributed by atoms with Crippen molar-refractivity contribution in [1.29, 1.82) is 0 Å². The third-order valence-electron chi connectivity index (χ3n) is 6.50. The van der Waals surface area contributed by atoms with Gasteiger partial charge in [-0.3, -0.25) is 9.20 Å². The van der Waals surface area contributed by atoms with Crippen LogP contribution in [0.25, 0.3) is 28.2 Å². The number of amides is 1. The first-order chi connectivity index (χ1) is 16.1. The maximum absolute atomic E-state index is 11.9. The van der Waals surface area contributed by atoms with Crippen LogP contribution >= 0.6 is 0 Å². The molecule has 1 aliphatic rings. The van der Waals surface area contributed by atoms with Crippen molar-refractivity contribution in [2.45, 2.75) is 38.6 Å². The first-order valence-electron chi connectivity index (χ1n) is 11.5. The minimum Gasteiger partial charge on any atom is -0.359 e. The minimum absolute atomic E-state index is 0.111. The van der Waals surface area contributed by atoms with E-state index in [-0.39, 0.29) is 17.9 Å². The standard InChI is InChI=1S/C26H28N6O/c1-17-14-29-26(30-21-11-8-19(9-12-21)25(33)27-2)31-24(17)22-15-28-23-13-10-20(16-32(22)23)18-6-4-3-5-7-18/h3-7,10,13-16,19,21H,8-9,11-12H2,1-2H3,(H,27,33)(H,29,30,31)/t19-,21-. The van der Waals surface area contributed by atoms with Gasteiger partial charge in [-0.1, -0.05) is 30.3 Å². The quantitative estimate of drug-likeness (QED) is 0.478. The number of hydrogen-bond acceptors (Lipinski definition) is 5. The monoisotopic (exact) mass is 440 g/mol. The second kappa shape index (κ2) is 9.02. The Bertz CT molecular complexity index is 1270. The fourth-order valence-electron chi connectivity index (χ4n) is 4.61. The molecule has 7 nitrogen and oxygen atoms in total. The Morgan fingerprint density at radius 2 is 1.76 bits per heavy atom. The lowest BCUT2D eigenvalue weighted by Crippen LogP contribution is -2.34. The summed E-state index contributed by atoms with van der Waals surface area (Å²) in [7, 11) is 1.71. The Kier molecular flexibility index (Phi) is 5.77. The van der Waals surface area contributed by atoms with Gasteiger partial charge in [-0.2, -0.15) is 0 Å². The van der Waals surface area contributed by atoms with E-state index < -0.39 is 0 Å². The Balaban J connectivity index is 1.41. The lowest BCUT2D eigenvalue weighted by atomic mass is 9.85. The van der Waals surface area contributed by atoms with E-state index in [0.29, 0.717) is 5.95 Å². The number of nitrogens with one attached hydrogen (secondary N) is 2. The molecule has 1 saturated carbocycles. The second-order valence-corrected chi connectivity index (χ2v) is 8.69. The first kappa shape index (κ1) is 21.1. The smallest absolute Gasteiger partial charge is 0.223 e. The Hall–Kier alpha value is -3.74. The maximum atomic E-state index is 11.9. The topological polar surface area (TPSA) is 84.2 Å². The number of carbonyl (C=O) groups is 1. The number of rotatable bonds is 5. The number of hydrogen-bond donors (Lipinski definition) is 2. The van der Waals surface area contributed by atoms with Gasteiger partial charge in [0.1, 0.15) is 5.65 Å². The molecule has 1 fully saturated rings. The molecule has 1 amide bonds. The zero-order chi connectivity index (χ0) is 22.8. The Morgan fingerprint density at radius 3 is 2.52 bits per heavy atom. The van der Waals surface area contributed by atoms with Crippen LogP contribution in [0.15, 0.2) is 61.1 Å². The molecule has 2 N–H and O–H groups in total. The van der Waals surface area contributed by atoms with Gasteiger partial charge in [0.15, 0.2) is 0 Å². The number of fused-ring (bicyclic) bond motifs is 1. The van der Waals surface area contributed by atoms with E-state index in [0.717, 1.165) is 59.4 Å². The first-order valence-corrected chi connectivity index (χ1v) is 11.5. The zero-order valence-corrected chi connectivity index (χ0v) is 19.0. The van der Waals surface area contributed by atoms with Crippen molar-refractivity contribution in [2.75, 3.05) is 12.4 Å². The van der Waals surface area contributed by atoms with Crippen molar-refractivity contribution < 1.29 is 4.79 Å². The number of aromatic nitrogens is 4. The van der Waals surface area contributed by atoms with Crippen molar-refractivity contribution in [2.24, 2.45) is 5.92 Å². The summed E-state index contributed by atoms with van der Waals surface area (Å²) in [5.41, 5.74) is 5.97. The van der Waals surface area contributed by atoms with Gasteiger partial charge in [-0.25, -0.2) is 15.0 Å². The number of nitrogens with zero attached hydrogens (tertiary/aromatic N) is 4. The summed E-state index contributed by atoms with van der Waals surface area (Å²) in [6.45, 7) is 2.02. The van der Waals surface area contributed by atoms with Gasteiger partial charge in [0.25, 0.3) is 0 Å². The largest absolute Gasteiger partial charge is 0.359 e. The molecule has 7 heteroatoms. The lowest BCUT2D eigenvalue weighted by Gasteiger charge is -2.28. The summed E-state index contributed by atoms with van der Waals surface area (Å²) < 4.78 is 2.09. The van der Waals surface area contributed by atoms with Gasteiger partial charge < -0.3 is 10.6 Å². The SMILES string of the molecule is CNC(=O)[C@H]1CC[C@H](Nc2ncc(C)c(-c3cnc4ccc(-c5ccccc5)cn34)n2)CC1. The normalized spacial score (nSPS) is 18.2. The summed E-state index contributed by atoms with van der Waals surface area (Å²) in [4.78, 5) is 25.9. The van der Waals surface area contributed by atoms with Gasteiger partial charge in [-0.05, 0) is 61.4 Å². The Morgan fingerprint density at radius 1 is 0.970 bits per heavy atom. The molecule has 1 aliphatic carbocycles. The number of pyridine rings is 1. The van der Waals surface area contributed by atoms with E-state index >= 15 is 0 Å². The van der Waals surface area contributed by atoms with Crippen molar-refractivity contribution in [3.8, 4) is 22.5 Å². The molecule has 168 valence electrons. The van der Waals surface area contributed by atoms with Crippen LogP contribution in [0.1, 0.15) is 31.2 Å². The van der Waals surface area contributed by atoms with Gasteiger partial charge in [0.05, 0.1) is 17.6 Å². The fourth-order valence-corrected chi connectivity index (χ4v) is 4.61. The number of benzene rings is 1. The highest BCUT2D eigenvalue weighted by atomic mass is 16.1. The molecule has 0 aliphatic heterocycles. The Labute approximate surface area is 193 Å². The predicted molar refractivity (Wildman–Crippen MR) is 130 cm³/mol. The fraction of sp³-hybridized carbons (Fsp3) is 0.308. The molecule has 0 spiro atoms. The van der Waals surface area contributed by atoms with Gasteiger partial charge in [0.2, 0.25) is 11.9 Å². The van der Waals surface area contributed by atoms with E-state index in [1.807, 2.05) is 43.6 Å². The zero-order valence-electron chi connectivity index (χ0n) is 19.0. The van der Waals surface area contributed by atoms with Gasteiger partial charge >= 0.3 is 0 Å². The van der Waals surface area contributed by atoms with Crippen LogP contribution in [-0.2, 0) is 4.79 Å². The summed E-state index contributed by atoms with van der Waals surface area (Å²) in [6, 6.07) is 14.7. The van der Waals surface area contributed by atoms with E-state index in [9.17, 15) is 4.79 Å². The molecule has 0 unspecified atom stereocenters. The molecule has 3 heterocycles. The molecule has 0 saturated heterocycles. The molecule has 5 rings (SSSR count). The van der Waals surface area contributed by atoms with E-state index in [1.165, 1.54) is 0 Å². The van der Waals surface area contributed by atoms with Crippen LogP contribution in [0.5, 0.6) is 0 Å². The van der Waals surface area contributed by atoms with Crippen LogP contribution in [0.4, 0.5) is 5.95 Å². The molecule has 3 aromatic heterocycles. The van der Waals surface area contributed by atoms with Crippen molar-refractivity contribution >= 4 is 17.5 Å². The highest BCUT2D eigenvalue weighted by Gasteiger charge is 2.26. The molecule has 0 atom stereocenters. The van der Waals surface area contributed by atoms with Crippen LogP contribution < -0.4 is 10.6 Å². The van der Waals surface area contributed by atoms with E-state index in [2.05, 4.69) is 49.4 Å². The van der Waals surface area contributed by atoms with E-state index in [4.69, 9.17) is 4.98 Å². The molecule has 33 heavy (non-hydrogen) atoms. The van der Waals surface area contributed by atoms with Gasteiger partial charge in [-0.15, -0.1) is 0 Å².